The molecule has 1 aromatic rings. The minimum absolute atomic E-state index is 0.208. The van der Waals surface area contributed by atoms with Crippen LogP contribution in [0.1, 0.15) is 33.1 Å². The lowest BCUT2D eigenvalue weighted by atomic mass is 9.88. The molecule has 0 spiro atoms. The maximum Gasteiger partial charge on any atom is 0.415 e. The molecule has 2 aliphatic rings. The largest absolute Gasteiger partial charge is 0.481 e. The van der Waals surface area contributed by atoms with Crippen molar-refractivity contribution in [1.82, 2.24) is 14.5 Å². The molecule has 0 bridgehead atoms. The van der Waals surface area contributed by atoms with Crippen molar-refractivity contribution in [2.45, 2.75) is 51.3 Å². The number of ether oxygens (including phenoxy) is 1. The van der Waals surface area contributed by atoms with Crippen molar-refractivity contribution in [3.8, 4) is 6.01 Å². The van der Waals surface area contributed by atoms with Crippen LogP contribution in [0.2, 0.25) is 0 Å². The van der Waals surface area contributed by atoms with Crippen LogP contribution in [0.5, 0.6) is 6.01 Å². The van der Waals surface area contributed by atoms with E-state index in [1.54, 1.807) is 4.57 Å². The number of carboxylic acid groups (broad SMARTS) is 1. The van der Waals surface area contributed by atoms with Gasteiger partial charge in [-0.15, -0.1) is 0 Å². The molecule has 9 heteroatoms. The van der Waals surface area contributed by atoms with Gasteiger partial charge in [-0.3, -0.25) is 14.3 Å². The van der Waals surface area contributed by atoms with Gasteiger partial charge >= 0.3 is 17.8 Å². The maximum absolute atomic E-state index is 11.2. The Morgan fingerprint density at radius 3 is 2.96 bits per heavy atom. The molecule has 1 aromatic heterocycles. The van der Waals surface area contributed by atoms with E-state index in [1.807, 2.05) is 6.92 Å². The van der Waals surface area contributed by atoms with E-state index in [0.29, 0.717) is 25.9 Å². The Morgan fingerprint density at radius 2 is 2.38 bits per heavy atom. The lowest BCUT2D eigenvalue weighted by molar-refractivity contribution is -0.389. The fourth-order valence-electron chi connectivity index (χ4n) is 3.75. The SMILES string of the molecule is CCC1CC(C(=O)O)CCN1CC1(C)Cn2cc([N+](=O)[O-])nc2O1. The van der Waals surface area contributed by atoms with Crippen molar-refractivity contribution in [2.24, 2.45) is 5.92 Å². The van der Waals surface area contributed by atoms with E-state index in [4.69, 9.17) is 4.74 Å². The second kappa shape index (κ2) is 6.04. The van der Waals surface area contributed by atoms with Crippen molar-refractivity contribution < 1.29 is 19.6 Å². The van der Waals surface area contributed by atoms with Gasteiger partial charge in [-0.05, 0) is 37.7 Å². The number of likely N-dealkylation sites (tertiary alicyclic amines) is 1. The van der Waals surface area contributed by atoms with Crippen molar-refractivity contribution in [3.63, 3.8) is 0 Å². The predicted octanol–water partition coefficient (Wildman–Crippen LogP) is 1.52. The number of aromatic nitrogens is 2. The predicted molar refractivity (Wildman–Crippen MR) is 83.9 cm³/mol. The van der Waals surface area contributed by atoms with E-state index in [9.17, 15) is 20.0 Å². The smallest absolute Gasteiger partial charge is 0.415 e. The summed E-state index contributed by atoms with van der Waals surface area (Å²) in [4.78, 5) is 27.6. The Labute approximate surface area is 139 Å². The number of fused-ring (bicyclic) bond motifs is 1. The van der Waals surface area contributed by atoms with E-state index >= 15 is 0 Å². The van der Waals surface area contributed by atoms with Crippen LogP contribution in [0.4, 0.5) is 5.82 Å². The average molecular weight is 338 g/mol. The Balaban J connectivity index is 1.66. The zero-order valence-electron chi connectivity index (χ0n) is 13.8. The maximum atomic E-state index is 11.2. The van der Waals surface area contributed by atoms with Gasteiger partial charge in [-0.2, -0.15) is 0 Å². The lowest BCUT2D eigenvalue weighted by Gasteiger charge is -2.41. The highest BCUT2D eigenvalue weighted by atomic mass is 16.6. The molecule has 1 N–H and O–H groups in total. The average Bonchev–Trinajstić information content (AvgIpc) is 3.02. The van der Waals surface area contributed by atoms with Crippen LogP contribution in [-0.4, -0.2) is 55.2 Å². The van der Waals surface area contributed by atoms with Gasteiger partial charge in [-0.1, -0.05) is 6.92 Å². The van der Waals surface area contributed by atoms with Crippen molar-refractivity contribution in [2.75, 3.05) is 13.1 Å². The summed E-state index contributed by atoms with van der Waals surface area (Å²) in [5, 5.41) is 20.0. The second-order valence-corrected chi connectivity index (χ2v) is 6.91. The minimum atomic E-state index is -0.719. The number of carboxylic acids is 1. The molecular formula is C15H22N4O5. The molecule has 24 heavy (non-hydrogen) atoms. The summed E-state index contributed by atoms with van der Waals surface area (Å²) in [6.07, 6.45) is 3.57. The first-order valence-electron chi connectivity index (χ1n) is 8.19. The van der Waals surface area contributed by atoms with Gasteiger partial charge in [-0.25, -0.2) is 0 Å². The molecule has 0 aliphatic carbocycles. The summed E-state index contributed by atoms with van der Waals surface area (Å²) >= 11 is 0. The molecule has 3 heterocycles. The molecule has 1 fully saturated rings. The van der Waals surface area contributed by atoms with Gasteiger partial charge in [0, 0.05) is 17.6 Å². The highest BCUT2D eigenvalue weighted by molar-refractivity contribution is 5.70. The Morgan fingerprint density at radius 1 is 1.62 bits per heavy atom. The number of nitrogens with zero attached hydrogens (tertiary/aromatic N) is 4. The van der Waals surface area contributed by atoms with Gasteiger partial charge in [0.15, 0.2) is 0 Å². The molecule has 0 saturated carbocycles. The quantitative estimate of drug-likeness (QED) is 0.640. The van der Waals surface area contributed by atoms with Crippen molar-refractivity contribution >= 4 is 11.8 Å². The minimum Gasteiger partial charge on any atom is -0.481 e. The number of aliphatic carboxylic acids is 1. The first-order valence-corrected chi connectivity index (χ1v) is 8.19. The third-order valence-corrected chi connectivity index (χ3v) is 4.95. The molecule has 3 unspecified atom stereocenters. The molecule has 132 valence electrons. The van der Waals surface area contributed by atoms with Crippen LogP contribution in [0, 0.1) is 16.0 Å². The molecule has 3 atom stereocenters. The molecule has 2 aliphatic heterocycles. The number of imidazole rings is 1. The van der Waals surface area contributed by atoms with E-state index in [-0.39, 0.29) is 23.8 Å². The number of carbonyl (C=O) groups is 1. The van der Waals surface area contributed by atoms with E-state index < -0.39 is 16.5 Å². The third kappa shape index (κ3) is 3.08. The Kier molecular flexibility index (Phi) is 4.20. The number of rotatable bonds is 5. The topological polar surface area (TPSA) is 111 Å². The fourth-order valence-corrected chi connectivity index (χ4v) is 3.75. The molecule has 0 amide bonds. The monoisotopic (exact) mass is 338 g/mol. The van der Waals surface area contributed by atoms with Crippen LogP contribution in [0.25, 0.3) is 0 Å². The summed E-state index contributed by atoms with van der Waals surface area (Å²) < 4.78 is 7.55. The molecule has 1 saturated heterocycles. The Bertz CT molecular complexity index is 635. The number of hydrogen-bond acceptors (Lipinski definition) is 6. The number of nitro groups is 1. The standard InChI is InChI=1S/C15H22N4O5/c1-3-11-6-10(13(20)21)4-5-17(11)8-15(2)9-18-7-12(19(22)23)16-14(18)24-15/h7,10-11H,3-6,8-9H2,1-2H3,(H,20,21). The third-order valence-electron chi connectivity index (χ3n) is 4.95. The number of hydrogen-bond donors (Lipinski definition) is 1. The first kappa shape index (κ1) is 16.7. The van der Waals surface area contributed by atoms with Crippen molar-refractivity contribution in [1.29, 1.82) is 0 Å². The molecule has 3 rings (SSSR count). The summed E-state index contributed by atoms with van der Waals surface area (Å²) in [5.74, 6) is -1.20. The van der Waals surface area contributed by atoms with Crippen LogP contribution >= 0.6 is 0 Å². The molecule has 0 aromatic carbocycles. The van der Waals surface area contributed by atoms with E-state index in [0.717, 1.165) is 13.0 Å². The fraction of sp³-hybridized carbons (Fsp3) is 0.733. The van der Waals surface area contributed by atoms with Gasteiger partial charge in [0.25, 0.3) is 0 Å². The van der Waals surface area contributed by atoms with Gasteiger partial charge < -0.3 is 20.0 Å². The van der Waals surface area contributed by atoms with Crippen LogP contribution in [0.15, 0.2) is 6.20 Å². The zero-order valence-corrected chi connectivity index (χ0v) is 13.8. The molecule has 0 radical (unpaired) electrons. The summed E-state index contributed by atoms with van der Waals surface area (Å²) in [5.41, 5.74) is -0.513. The summed E-state index contributed by atoms with van der Waals surface area (Å²) in [6.45, 7) is 5.89. The molecular weight excluding hydrogens is 316 g/mol. The lowest BCUT2D eigenvalue weighted by Crippen LogP contribution is -2.52. The zero-order chi connectivity index (χ0) is 17.5. The van der Waals surface area contributed by atoms with Crippen LogP contribution in [-0.2, 0) is 11.3 Å². The van der Waals surface area contributed by atoms with E-state index in [1.165, 1.54) is 6.20 Å². The van der Waals surface area contributed by atoms with Crippen LogP contribution in [0.3, 0.4) is 0 Å². The van der Waals surface area contributed by atoms with Gasteiger partial charge in [0.1, 0.15) is 11.8 Å². The van der Waals surface area contributed by atoms with Crippen LogP contribution < -0.4 is 4.74 Å². The summed E-state index contributed by atoms with van der Waals surface area (Å²) in [7, 11) is 0. The molecule has 9 nitrogen and oxygen atoms in total. The second-order valence-electron chi connectivity index (χ2n) is 6.91. The van der Waals surface area contributed by atoms with Gasteiger partial charge in [0.2, 0.25) is 0 Å². The van der Waals surface area contributed by atoms with E-state index in [2.05, 4.69) is 16.8 Å². The van der Waals surface area contributed by atoms with Gasteiger partial charge in [0.05, 0.1) is 12.5 Å². The first-order chi connectivity index (χ1) is 11.3. The normalized spacial score (nSPS) is 29.9. The van der Waals surface area contributed by atoms with Crippen molar-refractivity contribution in [3.05, 3.63) is 16.3 Å². The highest BCUT2D eigenvalue weighted by Gasteiger charge is 2.43. The Hall–Kier alpha value is -2.16. The number of piperidine rings is 1. The highest BCUT2D eigenvalue weighted by Crippen LogP contribution is 2.34. The summed E-state index contributed by atoms with van der Waals surface area (Å²) in [6, 6.07) is 0.486.